The minimum absolute atomic E-state index is 0.0542. The number of halogens is 2. The van der Waals surface area contributed by atoms with E-state index >= 15 is 0 Å². The van der Waals surface area contributed by atoms with Crippen molar-refractivity contribution in [2.75, 3.05) is 30.4 Å². The monoisotopic (exact) mass is 363 g/mol. The first-order valence-electron chi connectivity index (χ1n) is 8.38. The van der Waals surface area contributed by atoms with Gasteiger partial charge in [-0.3, -0.25) is 14.3 Å². The lowest BCUT2D eigenvalue weighted by atomic mass is 10.1. The van der Waals surface area contributed by atoms with Crippen molar-refractivity contribution in [1.29, 1.82) is 0 Å². The Morgan fingerprint density at radius 2 is 1.85 bits per heavy atom. The third-order valence-electron chi connectivity index (χ3n) is 5.49. The maximum atomic E-state index is 14.8. The van der Waals surface area contributed by atoms with Crippen LogP contribution in [0.25, 0.3) is 10.9 Å². The molecule has 2 atom stereocenters. The van der Waals surface area contributed by atoms with Gasteiger partial charge < -0.3 is 10.2 Å². The summed E-state index contributed by atoms with van der Waals surface area (Å²) in [4.78, 5) is 32.9. The van der Waals surface area contributed by atoms with E-state index in [1.165, 1.54) is 14.0 Å². The maximum Gasteiger partial charge on any atom is 0.349 e. The van der Waals surface area contributed by atoms with Gasteiger partial charge in [-0.15, -0.1) is 0 Å². The van der Waals surface area contributed by atoms with Crippen molar-refractivity contribution in [3.05, 3.63) is 27.7 Å². The molecule has 1 N–H and O–H groups in total. The van der Waals surface area contributed by atoms with Crippen LogP contribution in [0.4, 0.5) is 20.3 Å². The van der Waals surface area contributed by atoms with E-state index in [4.69, 9.17) is 0 Å². The number of hydrogen-bond donors (Lipinski definition) is 1. The summed E-state index contributed by atoms with van der Waals surface area (Å²) in [5.74, 6) is -1.91. The third-order valence-corrected chi connectivity index (χ3v) is 5.49. The number of nitrogens with one attached hydrogen (secondary N) is 1. The molecular weight excluding hydrogens is 344 g/mol. The second-order valence-electron chi connectivity index (χ2n) is 7.07. The second kappa shape index (κ2) is 5.47. The summed E-state index contributed by atoms with van der Waals surface area (Å²) in [6.45, 7) is 4.07. The Hall–Kier alpha value is -2.55. The fraction of sp³-hybridized carbons (Fsp3) is 0.471. The molecule has 26 heavy (non-hydrogen) atoms. The number of carbonyl (C=O) groups is 1. The van der Waals surface area contributed by atoms with Crippen molar-refractivity contribution in [3.8, 4) is 0 Å². The van der Waals surface area contributed by atoms with Gasteiger partial charge in [0, 0.05) is 31.7 Å². The molecule has 138 valence electrons. The Balaban J connectivity index is 2.14. The van der Waals surface area contributed by atoms with Crippen LogP contribution in [0.1, 0.15) is 12.5 Å². The number of nitrogens with zero attached hydrogens (tertiary/aromatic N) is 4. The van der Waals surface area contributed by atoms with E-state index in [0.29, 0.717) is 13.1 Å². The number of aromatic nitrogens is 2. The summed E-state index contributed by atoms with van der Waals surface area (Å²) in [5, 5.41) is 2.73. The van der Waals surface area contributed by atoms with Crippen molar-refractivity contribution in [1.82, 2.24) is 14.5 Å². The predicted molar refractivity (Wildman–Crippen MR) is 93.5 cm³/mol. The highest BCUT2D eigenvalue weighted by Crippen LogP contribution is 2.40. The molecule has 0 aliphatic carbocycles. The number of fused-ring (bicyclic) bond motifs is 2. The first-order chi connectivity index (χ1) is 12.2. The first kappa shape index (κ1) is 16.9. The van der Waals surface area contributed by atoms with Gasteiger partial charge in [-0.1, -0.05) is 0 Å². The van der Waals surface area contributed by atoms with Gasteiger partial charge in [-0.2, -0.15) is 4.98 Å². The number of piperazine rings is 1. The van der Waals surface area contributed by atoms with Gasteiger partial charge in [-0.25, -0.2) is 13.6 Å². The van der Waals surface area contributed by atoms with E-state index in [2.05, 4.69) is 10.3 Å². The Labute approximate surface area is 148 Å². The standard InChI is InChI=1S/C17H19F2N5O2/c1-7-5-24-9(6-22(7)3)16(25)20-13-10-14(12(19)8(2)11(13)18)23(4)17(26)21-15(10)24/h7,9H,5-6H2,1-4H3,(H,20,25). The fourth-order valence-electron chi connectivity index (χ4n) is 3.74. The largest absolute Gasteiger partial charge is 0.349 e. The Kier molecular flexibility index (Phi) is 3.56. The third kappa shape index (κ3) is 2.09. The van der Waals surface area contributed by atoms with E-state index in [1.54, 1.807) is 4.90 Å². The fourth-order valence-corrected chi connectivity index (χ4v) is 3.74. The first-order valence-corrected chi connectivity index (χ1v) is 8.38. The summed E-state index contributed by atoms with van der Waals surface area (Å²) in [6.07, 6.45) is 0. The van der Waals surface area contributed by atoms with Gasteiger partial charge in [-0.05, 0) is 20.9 Å². The van der Waals surface area contributed by atoms with Gasteiger partial charge in [0.25, 0.3) is 0 Å². The molecule has 1 aromatic carbocycles. The average Bonchev–Trinajstić information content (AvgIpc) is 2.70. The number of likely N-dealkylation sites (N-methyl/N-ethyl adjacent to an activating group) is 1. The zero-order chi connectivity index (χ0) is 18.9. The molecule has 7 nitrogen and oxygen atoms in total. The molecule has 2 aliphatic rings. The summed E-state index contributed by atoms with van der Waals surface area (Å²) < 4.78 is 30.7. The van der Waals surface area contributed by atoms with Crippen LogP contribution in [-0.4, -0.2) is 52.6 Å². The molecule has 1 aromatic heterocycles. The smallest absolute Gasteiger partial charge is 0.341 e. The number of anilines is 2. The van der Waals surface area contributed by atoms with Gasteiger partial charge in [0.2, 0.25) is 5.91 Å². The zero-order valence-corrected chi connectivity index (χ0v) is 14.9. The molecule has 0 saturated carbocycles. The number of amides is 1. The molecule has 3 heterocycles. The van der Waals surface area contributed by atoms with Crippen molar-refractivity contribution < 1.29 is 13.6 Å². The van der Waals surface area contributed by atoms with E-state index in [0.717, 1.165) is 4.57 Å². The second-order valence-corrected chi connectivity index (χ2v) is 7.07. The van der Waals surface area contributed by atoms with Crippen molar-refractivity contribution in [2.24, 2.45) is 7.05 Å². The molecule has 9 heteroatoms. The number of carbonyl (C=O) groups excluding carboxylic acids is 1. The summed E-state index contributed by atoms with van der Waals surface area (Å²) in [6, 6.07) is -0.559. The van der Waals surface area contributed by atoms with Gasteiger partial charge in [0.15, 0.2) is 11.6 Å². The number of rotatable bonds is 0. The minimum Gasteiger partial charge on any atom is -0.341 e. The molecule has 0 bridgehead atoms. The minimum atomic E-state index is -0.841. The normalized spacial score (nSPS) is 23.0. The Morgan fingerprint density at radius 1 is 1.15 bits per heavy atom. The molecule has 0 radical (unpaired) electrons. The maximum absolute atomic E-state index is 14.8. The van der Waals surface area contributed by atoms with E-state index < -0.39 is 29.3 Å². The molecule has 4 rings (SSSR count). The molecule has 1 fully saturated rings. The summed E-state index contributed by atoms with van der Waals surface area (Å²) in [7, 11) is 3.28. The van der Waals surface area contributed by atoms with E-state index in [9.17, 15) is 18.4 Å². The molecule has 2 aromatic rings. The van der Waals surface area contributed by atoms with Crippen LogP contribution < -0.4 is 15.9 Å². The topological polar surface area (TPSA) is 70.5 Å². The number of benzene rings is 1. The van der Waals surface area contributed by atoms with Crippen LogP contribution in [0.15, 0.2) is 4.79 Å². The van der Waals surface area contributed by atoms with Crippen LogP contribution >= 0.6 is 0 Å². The Bertz CT molecular complexity index is 1020. The van der Waals surface area contributed by atoms with Crippen molar-refractivity contribution >= 4 is 28.3 Å². The lowest BCUT2D eigenvalue weighted by Gasteiger charge is -2.42. The van der Waals surface area contributed by atoms with E-state index in [-0.39, 0.29) is 34.0 Å². The van der Waals surface area contributed by atoms with Crippen LogP contribution in [0.3, 0.4) is 0 Å². The van der Waals surface area contributed by atoms with Crippen LogP contribution in [-0.2, 0) is 11.8 Å². The molecule has 2 unspecified atom stereocenters. The van der Waals surface area contributed by atoms with Crippen LogP contribution in [0, 0.1) is 18.6 Å². The SMILES string of the molecule is Cc1c(F)c2c3c(nc(=O)n(C)c3c1F)N1CC(C)N(C)CC1C(=O)N2. The summed E-state index contributed by atoms with van der Waals surface area (Å²) in [5.41, 5.74) is -1.07. The Morgan fingerprint density at radius 3 is 2.54 bits per heavy atom. The van der Waals surface area contributed by atoms with Gasteiger partial charge in [0.05, 0.1) is 16.6 Å². The highest BCUT2D eigenvalue weighted by molar-refractivity contribution is 6.11. The number of aryl methyl sites for hydroxylation is 1. The number of hydrogen-bond acceptors (Lipinski definition) is 5. The zero-order valence-electron chi connectivity index (χ0n) is 14.9. The lowest BCUT2D eigenvalue weighted by Crippen LogP contribution is -2.60. The lowest BCUT2D eigenvalue weighted by molar-refractivity contribution is -0.118. The summed E-state index contributed by atoms with van der Waals surface area (Å²) >= 11 is 0. The van der Waals surface area contributed by atoms with Crippen molar-refractivity contribution in [3.63, 3.8) is 0 Å². The molecular formula is C17H19F2N5O2. The molecule has 0 spiro atoms. The van der Waals surface area contributed by atoms with Crippen molar-refractivity contribution in [2.45, 2.75) is 25.9 Å². The molecule has 2 aliphatic heterocycles. The van der Waals surface area contributed by atoms with Gasteiger partial charge >= 0.3 is 5.69 Å². The highest BCUT2D eigenvalue weighted by Gasteiger charge is 2.40. The predicted octanol–water partition coefficient (Wildman–Crippen LogP) is 0.981. The molecule has 1 saturated heterocycles. The highest BCUT2D eigenvalue weighted by atomic mass is 19.1. The average molecular weight is 363 g/mol. The quantitative estimate of drug-likeness (QED) is 0.756. The van der Waals surface area contributed by atoms with Gasteiger partial charge in [0.1, 0.15) is 11.9 Å². The van der Waals surface area contributed by atoms with Crippen LogP contribution in [0.5, 0.6) is 0 Å². The van der Waals surface area contributed by atoms with E-state index in [1.807, 2.05) is 18.9 Å². The van der Waals surface area contributed by atoms with Crippen LogP contribution in [0.2, 0.25) is 0 Å². The molecule has 1 amide bonds.